The lowest BCUT2D eigenvalue weighted by Gasteiger charge is -2.26. The van der Waals surface area contributed by atoms with Crippen LogP contribution in [0.15, 0.2) is 12.5 Å². The maximum atomic E-state index is 13.2. The van der Waals surface area contributed by atoms with Crippen molar-refractivity contribution in [3.63, 3.8) is 0 Å². The smallest absolute Gasteiger partial charge is 0.326 e. The van der Waals surface area contributed by atoms with Gasteiger partial charge in [-0.05, 0) is 32.2 Å². The van der Waals surface area contributed by atoms with Crippen molar-refractivity contribution in [3.05, 3.63) is 18.2 Å². The summed E-state index contributed by atoms with van der Waals surface area (Å²) in [5.74, 6) is -5.53. The molecule has 18 heteroatoms. The number of unbranched alkanes of at least 4 members (excludes halogenated alkanes) is 1. The van der Waals surface area contributed by atoms with Crippen LogP contribution in [0.3, 0.4) is 0 Å². The Balaban J connectivity index is 3.07. The predicted octanol–water partition coefficient (Wildman–Crippen LogP) is -4.38. The first kappa shape index (κ1) is 35.3. The van der Waals surface area contributed by atoms with Crippen LogP contribution in [0, 0.1) is 0 Å². The quantitative estimate of drug-likeness (QED) is 0.0501. The zero-order valence-electron chi connectivity index (χ0n) is 22.4. The van der Waals surface area contributed by atoms with Crippen LogP contribution >= 0.6 is 12.6 Å². The number of thiol groups is 1. The zero-order chi connectivity index (χ0) is 30.9. The zero-order valence-corrected chi connectivity index (χ0v) is 23.3. The maximum absolute atomic E-state index is 13.2. The Morgan fingerprint density at radius 2 is 1.46 bits per heavy atom. The lowest BCUT2D eigenvalue weighted by Crippen LogP contribution is -2.59. The van der Waals surface area contributed by atoms with E-state index in [2.05, 4.69) is 43.9 Å². The van der Waals surface area contributed by atoms with Gasteiger partial charge in [-0.2, -0.15) is 12.6 Å². The fraction of sp³-hybridized carbons (Fsp3) is 0.609. The molecule has 0 aliphatic heterocycles. The third kappa shape index (κ3) is 13.0. The summed E-state index contributed by atoms with van der Waals surface area (Å²) in [6.45, 7) is -0.500. The molecule has 0 bridgehead atoms. The van der Waals surface area contributed by atoms with Crippen LogP contribution < -0.4 is 38.5 Å². The molecule has 0 radical (unpaired) electrons. The minimum atomic E-state index is -1.44. The molecular weight excluding hydrogens is 562 g/mol. The molecule has 230 valence electrons. The molecule has 17 nitrogen and oxygen atoms in total. The first-order chi connectivity index (χ1) is 19.4. The number of H-pyrrole nitrogens is 1. The second-order valence-electron chi connectivity index (χ2n) is 9.11. The van der Waals surface area contributed by atoms with Crippen molar-refractivity contribution < 1.29 is 39.0 Å². The van der Waals surface area contributed by atoms with E-state index in [0.717, 1.165) is 0 Å². The summed E-state index contributed by atoms with van der Waals surface area (Å²) in [7, 11) is 0. The van der Waals surface area contributed by atoms with Crippen molar-refractivity contribution in [2.45, 2.75) is 68.7 Å². The van der Waals surface area contributed by atoms with E-state index in [1.165, 1.54) is 12.5 Å². The topological polar surface area (TPSA) is 298 Å². The molecule has 41 heavy (non-hydrogen) atoms. The minimum Gasteiger partial charge on any atom is -0.480 e. The number of aliphatic hydroxyl groups is 1. The van der Waals surface area contributed by atoms with E-state index in [4.69, 9.17) is 17.2 Å². The number of carboxylic acids is 1. The number of imidazole rings is 1. The number of primary amides is 1. The van der Waals surface area contributed by atoms with Gasteiger partial charge in [-0.25, -0.2) is 9.78 Å². The summed E-state index contributed by atoms with van der Waals surface area (Å²) in [6, 6.07) is -6.54. The number of carbonyl (C=O) groups is 6. The van der Waals surface area contributed by atoms with Crippen LogP contribution in [0.1, 0.15) is 37.8 Å². The highest BCUT2D eigenvalue weighted by molar-refractivity contribution is 7.80. The Morgan fingerprint density at radius 1 is 0.902 bits per heavy atom. The van der Waals surface area contributed by atoms with E-state index in [1.807, 2.05) is 0 Å². The van der Waals surface area contributed by atoms with Gasteiger partial charge in [0.2, 0.25) is 29.5 Å². The standard InChI is InChI=1S/C23H39N9O8S/c24-6-2-1-3-14(29-22(38)17(9-33)32-19(35)13(25)10-41)20(36)30-15(4-5-18(26)34)21(37)31-16(23(39)40)7-12-8-27-11-28-12/h8,11,13-17,33,41H,1-7,9-10,24-25H2,(H2,26,34)(H,27,28)(H,29,38)(H,30,36)(H,31,37)(H,32,35)(H,39,40)/t13-,14-,15-,16-,17-/m0/s1. The van der Waals surface area contributed by atoms with Gasteiger partial charge in [-0.3, -0.25) is 24.0 Å². The third-order valence-electron chi connectivity index (χ3n) is 5.82. The lowest BCUT2D eigenvalue weighted by atomic mass is 10.0. The van der Waals surface area contributed by atoms with Crippen LogP contribution in [-0.4, -0.2) is 105 Å². The third-order valence-corrected chi connectivity index (χ3v) is 6.22. The van der Waals surface area contributed by atoms with Gasteiger partial charge in [0, 0.05) is 24.8 Å². The van der Waals surface area contributed by atoms with Crippen molar-refractivity contribution in [1.82, 2.24) is 31.2 Å². The van der Waals surface area contributed by atoms with Crippen molar-refractivity contribution in [3.8, 4) is 0 Å². The molecule has 1 heterocycles. The van der Waals surface area contributed by atoms with Crippen LogP contribution in [0.4, 0.5) is 0 Å². The molecule has 5 atom stereocenters. The summed E-state index contributed by atoms with van der Waals surface area (Å²) < 4.78 is 0. The molecule has 13 N–H and O–H groups in total. The van der Waals surface area contributed by atoms with Gasteiger partial charge in [0.15, 0.2) is 0 Å². The van der Waals surface area contributed by atoms with Gasteiger partial charge >= 0.3 is 5.97 Å². The molecule has 0 spiro atoms. The number of carboxylic acid groups (broad SMARTS) is 1. The molecule has 5 amide bonds. The molecule has 1 aromatic heterocycles. The number of hydrogen-bond acceptors (Lipinski definition) is 11. The van der Waals surface area contributed by atoms with Gasteiger partial charge in [-0.15, -0.1) is 0 Å². The summed E-state index contributed by atoms with van der Waals surface area (Å²) >= 11 is 3.91. The summed E-state index contributed by atoms with van der Waals surface area (Å²) in [5.41, 5.74) is 16.7. The summed E-state index contributed by atoms with van der Waals surface area (Å²) in [5, 5.41) is 28.6. The van der Waals surface area contributed by atoms with Gasteiger partial charge < -0.3 is 53.7 Å². The number of aliphatic carboxylic acids is 1. The number of carbonyl (C=O) groups excluding carboxylic acids is 5. The Morgan fingerprint density at radius 3 is 1.95 bits per heavy atom. The monoisotopic (exact) mass is 601 g/mol. The average molecular weight is 602 g/mol. The normalized spacial score (nSPS) is 14.5. The van der Waals surface area contributed by atoms with Crippen molar-refractivity contribution in [2.24, 2.45) is 17.2 Å². The highest BCUT2D eigenvalue weighted by Gasteiger charge is 2.31. The second kappa shape index (κ2) is 18.6. The van der Waals surface area contributed by atoms with Crippen molar-refractivity contribution in [2.75, 3.05) is 18.9 Å². The Labute approximate surface area is 241 Å². The fourth-order valence-corrected chi connectivity index (χ4v) is 3.67. The lowest BCUT2D eigenvalue weighted by molar-refractivity contribution is -0.142. The van der Waals surface area contributed by atoms with Crippen molar-refractivity contribution >= 4 is 48.1 Å². The summed E-state index contributed by atoms with van der Waals surface area (Å²) in [4.78, 5) is 80.9. The molecule has 0 saturated carbocycles. The number of aliphatic hydroxyl groups excluding tert-OH is 1. The van der Waals surface area contributed by atoms with Crippen LogP contribution in [0.2, 0.25) is 0 Å². The maximum Gasteiger partial charge on any atom is 0.326 e. The number of rotatable bonds is 20. The molecule has 1 aromatic rings. The van der Waals surface area contributed by atoms with Crippen LogP contribution in [-0.2, 0) is 35.2 Å². The van der Waals surface area contributed by atoms with Gasteiger partial charge in [0.05, 0.1) is 24.7 Å². The van der Waals surface area contributed by atoms with E-state index in [0.29, 0.717) is 25.1 Å². The number of amides is 5. The van der Waals surface area contributed by atoms with Crippen molar-refractivity contribution in [1.29, 1.82) is 0 Å². The number of aromatic amines is 1. The average Bonchev–Trinajstić information content (AvgIpc) is 3.45. The molecule has 0 aromatic carbocycles. The molecule has 1 rings (SSSR count). The Kier molecular flexibility index (Phi) is 16.0. The molecule has 0 unspecified atom stereocenters. The number of nitrogens with zero attached hydrogens (tertiary/aromatic N) is 1. The molecule has 0 fully saturated rings. The number of nitrogens with one attached hydrogen (secondary N) is 5. The van der Waals surface area contributed by atoms with E-state index in [9.17, 15) is 39.0 Å². The van der Waals surface area contributed by atoms with Gasteiger partial charge in [-0.1, -0.05) is 0 Å². The largest absolute Gasteiger partial charge is 0.480 e. The second-order valence-corrected chi connectivity index (χ2v) is 9.47. The van der Waals surface area contributed by atoms with E-state index in [-0.39, 0.29) is 31.4 Å². The minimum absolute atomic E-state index is 0.0189. The first-order valence-electron chi connectivity index (χ1n) is 12.8. The van der Waals surface area contributed by atoms with E-state index >= 15 is 0 Å². The fourth-order valence-electron chi connectivity index (χ4n) is 3.50. The Hall–Kier alpha value is -3.74. The SMILES string of the molecule is NCCCC[C@H](NC(=O)[C@H](CO)NC(=O)[C@@H](N)CS)C(=O)N[C@@H](CCC(N)=O)C(=O)N[C@@H](Cc1c[nH]cn1)C(=O)O. The van der Waals surface area contributed by atoms with Crippen LogP contribution in [0.5, 0.6) is 0 Å². The molecule has 0 saturated heterocycles. The molecule has 0 aliphatic rings. The van der Waals surface area contributed by atoms with Gasteiger partial charge in [0.1, 0.15) is 24.2 Å². The van der Waals surface area contributed by atoms with E-state index in [1.54, 1.807) is 0 Å². The number of hydrogen-bond donors (Lipinski definition) is 11. The summed E-state index contributed by atoms with van der Waals surface area (Å²) in [6.07, 6.45) is 3.01. The first-order valence-corrected chi connectivity index (χ1v) is 13.4. The van der Waals surface area contributed by atoms with Crippen LogP contribution in [0.25, 0.3) is 0 Å². The Bertz CT molecular complexity index is 1030. The highest BCUT2D eigenvalue weighted by atomic mass is 32.1. The molecule has 0 aliphatic carbocycles. The van der Waals surface area contributed by atoms with Gasteiger partial charge in [0.25, 0.3) is 0 Å². The predicted molar refractivity (Wildman–Crippen MR) is 148 cm³/mol. The van der Waals surface area contributed by atoms with E-state index < -0.39 is 72.3 Å². The number of nitrogens with two attached hydrogens (primary N) is 3. The molecular formula is C23H39N9O8S. The highest BCUT2D eigenvalue weighted by Crippen LogP contribution is 2.07. The number of aromatic nitrogens is 2.